The van der Waals surface area contributed by atoms with E-state index in [1.165, 1.54) is 0 Å². The molecule has 4 unspecified atom stereocenters. The maximum Gasteiger partial charge on any atom is 0.317 e. The standard InChI is InChI=1S/C14H24N2O3/c1-9-7-16(8-10(9)2)14(19)15-12-6-4-3-5-11(12)13(17)18/h9-12H,3-8H2,1-2H3,(H,15,19)(H,17,18). The molecule has 1 saturated carbocycles. The Bertz CT molecular complexity index is 349. The van der Waals surface area contributed by atoms with Crippen molar-refractivity contribution in [3.63, 3.8) is 0 Å². The Hall–Kier alpha value is -1.26. The molecule has 0 spiro atoms. The van der Waals surface area contributed by atoms with E-state index in [1.807, 2.05) is 4.90 Å². The summed E-state index contributed by atoms with van der Waals surface area (Å²) in [5.41, 5.74) is 0. The first kappa shape index (κ1) is 14.2. The molecular weight excluding hydrogens is 244 g/mol. The second kappa shape index (κ2) is 5.80. The predicted octanol–water partition coefficient (Wildman–Crippen LogP) is 1.93. The van der Waals surface area contributed by atoms with E-state index < -0.39 is 11.9 Å². The van der Waals surface area contributed by atoms with Crippen LogP contribution in [-0.4, -0.2) is 41.1 Å². The van der Waals surface area contributed by atoms with Crippen LogP contribution in [0.4, 0.5) is 4.79 Å². The summed E-state index contributed by atoms with van der Waals surface area (Å²) in [5.74, 6) is -0.164. The lowest BCUT2D eigenvalue weighted by atomic mass is 9.84. The van der Waals surface area contributed by atoms with Crippen LogP contribution >= 0.6 is 0 Å². The molecule has 4 atom stereocenters. The topological polar surface area (TPSA) is 69.6 Å². The Morgan fingerprint density at radius 1 is 1.11 bits per heavy atom. The van der Waals surface area contributed by atoms with Gasteiger partial charge in [-0.3, -0.25) is 4.79 Å². The van der Waals surface area contributed by atoms with E-state index in [1.54, 1.807) is 0 Å². The van der Waals surface area contributed by atoms with Crippen LogP contribution in [-0.2, 0) is 4.79 Å². The molecule has 2 N–H and O–H groups in total. The summed E-state index contributed by atoms with van der Waals surface area (Å²) in [6, 6.07) is -0.292. The minimum absolute atomic E-state index is 0.0886. The zero-order valence-electron chi connectivity index (χ0n) is 11.8. The van der Waals surface area contributed by atoms with Gasteiger partial charge in [-0.15, -0.1) is 0 Å². The Morgan fingerprint density at radius 2 is 1.68 bits per heavy atom. The van der Waals surface area contributed by atoms with Crippen molar-refractivity contribution in [1.82, 2.24) is 10.2 Å². The van der Waals surface area contributed by atoms with Gasteiger partial charge in [0, 0.05) is 19.1 Å². The van der Waals surface area contributed by atoms with E-state index in [0.717, 1.165) is 32.4 Å². The molecule has 19 heavy (non-hydrogen) atoms. The number of nitrogens with one attached hydrogen (secondary N) is 1. The Kier molecular flexibility index (Phi) is 4.32. The van der Waals surface area contributed by atoms with Crippen molar-refractivity contribution in [2.45, 2.75) is 45.6 Å². The van der Waals surface area contributed by atoms with Crippen LogP contribution < -0.4 is 5.32 Å². The summed E-state index contributed by atoms with van der Waals surface area (Å²) in [4.78, 5) is 25.2. The highest BCUT2D eigenvalue weighted by molar-refractivity contribution is 5.77. The first-order chi connectivity index (χ1) is 8.99. The summed E-state index contributed by atoms with van der Waals surface area (Å²) in [6.07, 6.45) is 3.40. The van der Waals surface area contributed by atoms with E-state index in [0.29, 0.717) is 18.3 Å². The third kappa shape index (κ3) is 3.19. The zero-order valence-corrected chi connectivity index (χ0v) is 11.8. The number of aliphatic carboxylic acids is 1. The smallest absolute Gasteiger partial charge is 0.317 e. The number of hydrogen-bond donors (Lipinski definition) is 2. The van der Waals surface area contributed by atoms with Crippen molar-refractivity contribution in [3.8, 4) is 0 Å². The molecular formula is C14H24N2O3. The fourth-order valence-corrected chi connectivity index (χ4v) is 3.14. The molecule has 5 heteroatoms. The van der Waals surface area contributed by atoms with Gasteiger partial charge in [0.2, 0.25) is 0 Å². The minimum Gasteiger partial charge on any atom is -0.481 e. The fourth-order valence-electron chi connectivity index (χ4n) is 3.14. The quantitative estimate of drug-likeness (QED) is 0.804. The lowest BCUT2D eigenvalue weighted by Crippen LogP contribution is -2.49. The second-order valence-electron chi connectivity index (χ2n) is 6.14. The first-order valence-corrected chi connectivity index (χ1v) is 7.27. The van der Waals surface area contributed by atoms with Crippen LogP contribution in [0.2, 0.25) is 0 Å². The number of amides is 2. The number of carboxylic acids is 1. The predicted molar refractivity (Wildman–Crippen MR) is 71.8 cm³/mol. The number of hydrogen-bond acceptors (Lipinski definition) is 2. The van der Waals surface area contributed by atoms with Gasteiger partial charge in [-0.1, -0.05) is 26.7 Å². The van der Waals surface area contributed by atoms with Gasteiger partial charge in [0.15, 0.2) is 0 Å². The highest BCUT2D eigenvalue weighted by Gasteiger charge is 2.35. The van der Waals surface area contributed by atoms with Crippen LogP contribution in [0.15, 0.2) is 0 Å². The van der Waals surface area contributed by atoms with Crippen molar-refractivity contribution in [1.29, 1.82) is 0 Å². The number of carbonyl (C=O) groups is 2. The number of likely N-dealkylation sites (tertiary alicyclic amines) is 1. The number of carbonyl (C=O) groups excluding carboxylic acids is 1. The number of carboxylic acid groups (broad SMARTS) is 1. The Morgan fingerprint density at radius 3 is 2.26 bits per heavy atom. The monoisotopic (exact) mass is 268 g/mol. The highest BCUT2D eigenvalue weighted by Crippen LogP contribution is 2.26. The van der Waals surface area contributed by atoms with Crippen molar-refractivity contribution in [2.75, 3.05) is 13.1 Å². The fraction of sp³-hybridized carbons (Fsp3) is 0.857. The minimum atomic E-state index is -0.784. The molecule has 2 rings (SSSR count). The van der Waals surface area contributed by atoms with Crippen molar-refractivity contribution in [2.24, 2.45) is 17.8 Å². The SMILES string of the molecule is CC1CN(C(=O)NC2CCCCC2C(=O)O)CC1C. The summed E-state index contributed by atoms with van der Waals surface area (Å²) >= 11 is 0. The first-order valence-electron chi connectivity index (χ1n) is 7.27. The van der Waals surface area contributed by atoms with E-state index >= 15 is 0 Å². The summed E-state index contributed by atoms with van der Waals surface area (Å²) in [7, 11) is 0. The van der Waals surface area contributed by atoms with Gasteiger partial charge >= 0.3 is 12.0 Å². The van der Waals surface area contributed by atoms with Gasteiger partial charge in [0.1, 0.15) is 0 Å². The lowest BCUT2D eigenvalue weighted by Gasteiger charge is -2.31. The van der Waals surface area contributed by atoms with Gasteiger partial charge in [-0.25, -0.2) is 4.79 Å². The van der Waals surface area contributed by atoms with Crippen LogP contribution in [0.3, 0.4) is 0 Å². The third-order valence-corrected chi connectivity index (χ3v) is 4.67. The van der Waals surface area contributed by atoms with Crippen LogP contribution in [0, 0.1) is 17.8 Å². The van der Waals surface area contributed by atoms with Gasteiger partial charge in [0.05, 0.1) is 5.92 Å². The molecule has 2 aliphatic rings. The van der Waals surface area contributed by atoms with Gasteiger partial charge in [-0.05, 0) is 24.7 Å². The normalized spacial score (nSPS) is 35.2. The second-order valence-corrected chi connectivity index (χ2v) is 6.14. The van der Waals surface area contributed by atoms with Crippen LogP contribution in [0.1, 0.15) is 39.5 Å². The average Bonchev–Trinajstić information content (AvgIpc) is 2.70. The van der Waals surface area contributed by atoms with E-state index in [2.05, 4.69) is 19.2 Å². The molecule has 1 heterocycles. The molecule has 108 valence electrons. The largest absolute Gasteiger partial charge is 0.481 e. The van der Waals surface area contributed by atoms with E-state index in [-0.39, 0.29) is 12.1 Å². The summed E-state index contributed by atoms with van der Waals surface area (Å²) < 4.78 is 0. The van der Waals surface area contributed by atoms with E-state index in [9.17, 15) is 14.7 Å². The molecule has 0 radical (unpaired) electrons. The number of urea groups is 1. The molecule has 0 aromatic heterocycles. The van der Waals surface area contributed by atoms with Gasteiger partial charge < -0.3 is 15.3 Å². The van der Waals surface area contributed by atoms with E-state index in [4.69, 9.17) is 0 Å². The number of rotatable bonds is 2. The van der Waals surface area contributed by atoms with Gasteiger partial charge in [0.25, 0.3) is 0 Å². The summed E-state index contributed by atoms with van der Waals surface area (Å²) in [6.45, 7) is 5.85. The molecule has 2 amide bonds. The molecule has 1 aliphatic carbocycles. The molecule has 0 aromatic carbocycles. The van der Waals surface area contributed by atoms with Crippen LogP contribution in [0.5, 0.6) is 0 Å². The summed E-state index contributed by atoms with van der Waals surface area (Å²) in [5, 5.41) is 12.1. The maximum absolute atomic E-state index is 12.2. The number of nitrogens with zero attached hydrogens (tertiary/aromatic N) is 1. The molecule has 1 saturated heterocycles. The Balaban J connectivity index is 1.92. The highest BCUT2D eigenvalue weighted by atomic mass is 16.4. The third-order valence-electron chi connectivity index (χ3n) is 4.67. The molecule has 0 aromatic rings. The molecule has 2 fully saturated rings. The average molecular weight is 268 g/mol. The van der Waals surface area contributed by atoms with Crippen molar-refractivity contribution in [3.05, 3.63) is 0 Å². The van der Waals surface area contributed by atoms with Crippen molar-refractivity contribution >= 4 is 12.0 Å². The maximum atomic E-state index is 12.2. The molecule has 1 aliphatic heterocycles. The zero-order chi connectivity index (χ0) is 14.0. The molecule has 0 bridgehead atoms. The Labute approximate surface area is 114 Å². The van der Waals surface area contributed by atoms with Gasteiger partial charge in [-0.2, -0.15) is 0 Å². The van der Waals surface area contributed by atoms with Crippen molar-refractivity contribution < 1.29 is 14.7 Å². The van der Waals surface area contributed by atoms with Crippen LogP contribution in [0.25, 0.3) is 0 Å². The lowest BCUT2D eigenvalue weighted by molar-refractivity contribution is -0.143. The molecule has 5 nitrogen and oxygen atoms in total.